The van der Waals surface area contributed by atoms with E-state index in [9.17, 15) is 14.4 Å². The monoisotopic (exact) mass is 439 g/mol. The molecule has 3 aromatic carbocycles. The SMILES string of the molecule is O=C(Cn1c(=O)n(-c2ccc(Cl)cc2)c(=O)c2ccccc21)Nc1cccc(Cl)c1. The molecule has 0 bridgehead atoms. The van der Waals surface area contributed by atoms with Crippen molar-refractivity contribution < 1.29 is 4.79 Å². The molecule has 0 radical (unpaired) electrons. The van der Waals surface area contributed by atoms with Crippen LogP contribution in [0, 0.1) is 0 Å². The molecule has 1 heterocycles. The minimum atomic E-state index is -0.623. The van der Waals surface area contributed by atoms with Crippen molar-refractivity contribution in [1.82, 2.24) is 9.13 Å². The van der Waals surface area contributed by atoms with Crippen molar-refractivity contribution in [2.75, 3.05) is 5.32 Å². The molecule has 30 heavy (non-hydrogen) atoms. The van der Waals surface area contributed by atoms with E-state index in [1.807, 2.05) is 0 Å². The summed E-state index contributed by atoms with van der Waals surface area (Å²) in [7, 11) is 0. The van der Waals surface area contributed by atoms with E-state index < -0.39 is 17.2 Å². The summed E-state index contributed by atoms with van der Waals surface area (Å²) in [5, 5.41) is 4.00. The summed E-state index contributed by atoms with van der Waals surface area (Å²) >= 11 is 11.9. The van der Waals surface area contributed by atoms with E-state index in [2.05, 4.69) is 5.32 Å². The topological polar surface area (TPSA) is 73.1 Å². The number of amides is 1. The lowest BCUT2D eigenvalue weighted by molar-refractivity contribution is -0.116. The van der Waals surface area contributed by atoms with E-state index in [1.165, 1.54) is 4.57 Å². The van der Waals surface area contributed by atoms with Crippen LogP contribution in [0.3, 0.4) is 0 Å². The number of fused-ring (bicyclic) bond motifs is 1. The van der Waals surface area contributed by atoms with Crippen molar-refractivity contribution in [2.45, 2.75) is 6.54 Å². The van der Waals surface area contributed by atoms with E-state index in [1.54, 1.807) is 72.8 Å². The molecule has 1 N–H and O–H groups in total. The van der Waals surface area contributed by atoms with Gasteiger partial charge in [-0.3, -0.25) is 14.2 Å². The van der Waals surface area contributed by atoms with Crippen LogP contribution in [0.2, 0.25) is 10.0 Å². The fourth-order valence-electron chi connectivity index (χ4n) is 3.20. The summed E-state index contributed by atoms with van der Waals surface area (Å²) in [5.41, 5.74) is 0.158. The number of para-hydroxylation sites is 1. The maximum Gasteiger partial charge on any atom is 0.336 e. The number of hydrogen-bond acceptors (Lipinski definition) is 3. The van der Waals surface area contributed by atoms with Crippen molar-refractivity contribution >= 4 is 45.7 Å². The number of aromatic nitrogens is 2. The molecule has 8 heteroatoms. The smallest absolute Gasteiger partial charge is 0.324 e. The van der Waals surface area contributed by atoms with Gasteiger partial charge >= 0.3 is 5.69 Å². The van der Waals surface area contributed by atoms with Crippen LogP contribution in [0.25, 0.3) is 16.6 Å². The van der Waals surface area contributed by atoms with Gasteiger partial charge in [-0.2, -0.15) is 0 Å². The second-order valence-corrected chi connectivity index (χ2v) is 7.43. The average Bonchev–Trinajstić information content (AvgIpc) is 2.72. The third kappa shape index (κ3) is 3.87. The molecule has 1 amide bonds. The molecule has 6 nitrogen and oxygen atoms in total. The lowest BCUT2D eigenvalue weighted by atomic mass is 10.2. The minimum Gasteiger partial charge on any atom is -0.324 e. The first kappa shape index (κ1) is 19.9. The Labute approximate surface area is 180 Å². The normalized spacial score (nSPS) is 10.9. The number of rotatable bonds is 4. The second-order valence-electron chi connectivity index (χ2n) is 6.56. The van der Waals surface area contributed by atoms with Gasteiger partial charge in [0.25, 0.3) is 5.56 Å². The molecule has 0 aliphatic heterocycles. The predicted octanol–water partition coefficient (Wildman–Crippen LogP) is 4.10. The largest absolute Gasteiger partial charge is 0.336 e. The highest BCUT2D eigenvalue weighted by Crippen LogP contribution is 2.16. The molecule has 0 unspecified atom stereocenters. The first-order valence-corrected chi connectivity index (χ1v) is 9.75. The van der Waals surface area contributed by atoms with Crippen molar-refractivity contribution in [3.8, 4) is 5.69 Å². The van der Waals surface area contributed by atoms with Crippen molar-refractivity contribution in [3.05, 3.63) is 104 Å². The lowest BCUT2D eigenvalue weighted by Crippen LogP contribution is -2.40. The Morgan fingerprint density at radius 1 is 0.867 bits per heavy atom. The first-order chi connectivity index (χ1) is 14.4. The zero-order valence-electron chi connectivity index (χ0n) is 15.5. The zero-order chi connectivity index (χ0) is 21.3. The summed E-state index contributed by atoms with van der Waals surface area (Å²) in [5.74, 6) is -0.425. The second kappa shape index (κ2) is 8.18. The van der Waals surface area contributed by atoms with Gasteiger partial charge < -0.3 is 5.32 Å². The van der Waals surface area contributed by atoms with E-state index in [0.717, 1.165) is 4.57 Å². The molecule has 0 saturated heterocycles. The summed E-state index contributed by atoms with van der Waals surface area (Å²) in [6, 6.07) is 19.7. The molecule has 0 aliphatic carbocycles. The Morgan fingerprint density at radius 3 is 2.33 bits per heavy atom. The van der Waals surface area contributed by atoms with Gasteiger partial charge in [0.2, 0.25) is 5.91 Å². The number of benzene rings is 3. The van der Waals surface area contributed by atoms with Crippen LogP contribution >= 0.6 is 23.2 Å². The van der Waals surface area contributed by atoms with Gasteiger partial charge in [0.05, 0.1) is 16.6 Å². The molecular formula is C22H15Cl2N3O3. The van der Waals surface area contributed by atoms with Crippen LogP contribution in [-0.4, -0.2) is 15.0 Å². The summed E-state index contributed by atoms with van der Waals surface area (Å²) in [4.78, 5) is 38.9. The zero-order valence-corrected chi connectivity index (χ0v) is 17.0. The van der Waals surface area contributed by atoms with Gasteiger partial charge in [0.1, 0.15) is 6.54 Å². The van der Waals surface area contributed by atoms with Crippen LogP contribution in [0.4, 0.5) is 5.69 Å². The Bertz CT molecular complexity index is 1380. The fraction of sp³-hybridized carbons (Fsp3) is 0.0455. The van der Waals surface area contributed by atoms with Gasteiger partial charge in [-0.05, 0) is 54.6 Å². The standard InChI is InChI=1S/C22H15Cl2N3O3/c23-14-8-10-17(11-9-14)27-21(29)18-6-1-2-7-19(18)26(22(27)30)13-20(28)25-16-5-3-4-15(24)12-16/h1-12H,13H2,(H,25,28). The number of hydrogen-bond donors (Lipinski definition) is 1. The molecule has 0 saturated carbocycles. The van der Waals surface area contributed by atoms with E-state index >= 15 is 0 Å². The molecule has 4 aromatic rings. The Kier molecular flexibility index (Phi) is 5.44. The van der Waals surface area contributed by atoms with Crippen LogP contribution in [0.15, 0.2) is 82.4 Å². The quantitative estimate of drug-likeness (QED) is 0.520. The number of nitrogens with one attached hydrogen (secondary N) is 1. The summed E-state index contributed by atoms with van der Waals surface area (Å²) < 4.78 is 2.30. The van der Waals surface area contributed by atoms with Gasteiger partial charge in [-0.15, -0.1) is 0 Å². The van der Waals surface area contributed by atoms with E-state index in [-0.39, 0.29) is 6.54 Å². The number of carbonyl (C=O) groups excluding carboxylic acids is 1. The van der Waals surface area contributed by atoms with Crippen LogP contribution in [-0.2, 0) is 11.3 Å². The highest BCUT2D eigenvalue weighted by atomic mass is 35.5. The van der Waals surface area contributed by atoms with Gasteiger partial charge in [-0.1, -0.05) is 41.4 Å². The maximum atomic E-state index is 13.2. The molecule has 150 valence electrons. The van der Waals surface area contributed by atoms with Gasteiger partial charge in [0, 0.05) is 15.7 Å². The molecule has 0 aliphatic rings. The highest BCUT2D eigenvalue weighted by molar-refractivity contribution is 6.31. The molecular weight excluding hydrogens is 425 g/mol. The Morgan fingerprint density at radius 2 is 1.60 bits per heavy atom. The number of carbonyl (C=O) groups is 1. The number of halogens is 2. The third-order valence-corrected chi connectivity index (χ3v) is 5.03. The summed E-state index contributed by atoms with van der Waals surface area (Å²) in [6.45, 7) is -0.278. The Hall–Kier alpha value is -3.35. The lowest BCUT2D eigenvalue weighted by Gasteiger charge is -2.14. The van der Waals surface area contributed by atoms with Crippen LogP contribution < -0.4 is 16.6 Å². The molecule has 0 spiro atoms. The highest BCUT2D eigenvalue weighted by Gasteiger charge is 2.16. The summed E-state index contributed by atoms with van der Waals surface area (Å²) in [6.07, 6.45) is 0. The van der Waals surface area contributed by atoms with Crippen LogP contribution in [0.5, 0.6) is 0 Å². The third-order valence-electron chi connectivity index (χ3n) is 4.55. The fourth-order valence-corrected chi connectivity index (χ4v) is 3.52. The van der Waals surface area contributed by atoms with Crippen molar-refractivity contribution in [3.63, 3.8) is 0 Å². The maximum absolute atomic E-state index is 13.2. The van der Waals surface area contributed by atoms with Crippen molar-refractivity contribution in [1.29, 1.82) is 0 Å². The Balaban J connectivity index is 1.82. The molecule has 0 fully saturated rings. The van der Waals surface area contributed by atoms with E-state index in [4.69, 9.17) is 23.2 Å². The number of nitrogens with zero attached hydrogens (tertiary/aromatic N) is 2. The molecule has 0 atom stereocenters. The predicted molar refractivity (Wildman–Crippen MR) is 119 cm³/mol. The number of anilines is 1. The molecule has 1 aromatic heterocycles. The minimum absolute atomic E-state index is 0.278. The first-order valence-electron chi connectivity index (χ1n) is 9.00. The van der Waals surface area contributed by atoms with Gasteiger partial charge in [0.15, 0.2) is 0 Å². The van der Waals surface area contributed by atoms with Gasteiger partial charge in [-0.25, -0.2) is 9.36 Å². The van der Waals surface area contributed by atoms with Crippen LogP contribution in [0.1, 0.15) is 0 Å². The van der Waals surface area contributed by atoms with E-state index in [0.29, 0.717) is 32.3 Å². The average molecular weight is 440 g/mol. The van der Waals surface area contributed by atoms with Crippen molar-refractivity contribution in [2.24, 2.45) is 0 Å². The molecule has 4 rings (SSSR count).